The quantitative estimate of drug-likeness (QED) is 0.663. The molecule has 0 atom stereocenters. The summed E-state index contributed by atoms with van der Waals surface area (Å²) in [6, 6.07) is 0. The average Bonchev–Trinajstić information content (AvgIpc) is 2.58. The Hall–Kier alpha value is -0.920. The lowest BCUT2D eigenvalue weighted by Crippen LogP contribution is -2.31. The van der Waals surface area contributed by atoms with Gasteiger partial charge in [0.2, 0.25) is 10.0 Å². The van der Waals surface area contributed by atoms with E-state index in [1.165, 1.54) is 0 Å². The fraction of sp³-hybridized carbons (Fsp3) is 0.625. The third kappa shape index (κ3) is 3.98. The van der Waals surface area contributed by atoms with Crippen LogP contribution >= 0.6 is 0 Å². The Morgan fingerprint density at radius 1 is 1.53 bits per heavy atom. The zero-order valence-corrected chi connectivity index (χ0v) is 9.71. The van der Waals surface area contributed by atoms with Crippen LogP contribution < -0.4 is 10.0 Å². The highest BCUT2D eigenvalue weighted by molar-refractivity contribution is 7.89. The summed E-state index contributed by atoms with van der Waals surface area (Å²) in [6.45, 7) is 0.672. The maximum Gasteiger partial charge on any atom is 0.213 e. The van der Waals surface area contributed by atoms with E-state index >= 15 is 0 Å². The molecule has 0 amide bonds. The first kappa shape index (κ1) is 12.2. The van der Waals surface area contributed by atoms with Gasteiger partial charge in [0.1, 0.15) is 5.82 Å². The molecule has 1 heterocycles. The molecule has 6 nitrogen and oxygen atoms in total. The van der Waals surface area contributed by atoms with E-state index in [4.69, 9.17) is 0 Å². The number of hydrogen-bond donors (Lipinski definition) is 2. The number of rotatable bonds is 6. The highest BCUT2D eigenvalue weighted by Gasteiger charge is 2.10. The first-order valence-electron chi connectivity index (χ1n) is 4.63. The highest BCUT2D eigenvalue weighted by Crippen LogP contribution is 1.94. The number of sulfonamides is 1. The maximum absolute atomic E-state index is 11.4. The highest BCUT2D eigenvalue weighted by atomic mass is 32.2. The Bertz CT molecular complexity index is 399. The number of imidazole rings is 1. The predicted molar refractivity (Wildman–Crippen MR) is 57.8 cm³/mol. The topological polar surface area (TPSA) is 76.0 Å². The predicted octanol–water partition coefficient (Wildman–Crippen LogP) is -0.941. The van der Waals surface area contributed by atoms with Crippen molar-refractivity contribution < 1.29 is 8.42 Å². The molecule has 0 bridgehead atoms. The normalized spacial score (nSPS) is 11.9. The van der Waals surface area contributed by atoms with Gasteiger partial charge in [-0.1, -0.05) is 0 Å². The fourth-order valence-electron chi connectivity index (χ4n) is 1.05. The summed E-state index contributed by atoms with van der Waals surface area (Å²) in [7, 11) is 0.338. The molecule has 86 valence electrons. The second-order valence-electron chi connectivity index (χ2n) is 3.20. The number of aryl methyl sites for hydroxylation is 1. The summed E-state index contributed by atoms with van der Waals surface area (Å²) >= 11 is 0. The van der Waals surface area contributed by atoms with Crippen molar-refractivity contribution in [2.24, 2.45) is 7.05 Å². The van der Waals surface area contributed by atoms with Gasteiger partial charge in [-0.15, -0.1) is 0 Å². The van der Waals surface area contributed by atoms with Crippen LogP contribution in [-0.4, -0.2) is 37.3 Å². The minimum absolute atomic E-state index is 0.0773. The summed E-state index contributed by atoms with van der Waals surface area (Å²) in [4.78, 5) is 4.02. The number of nitrogens with zero attached hydrogens (tertiary/aromatic N) is 2. The molecule has 15 heavy (non-hydrogen) atoms. The van der Waals surface area contributed by atoms with Crippen molar-refractivity contribution in [2.45, 2.75) is 6.54 Å². The molecule has 1 rings (SSSR count). The van der Waals surface area contributed by atoms with Gasteiger partial charge >= 0.3 is 0 Å². The van der Waals surface area contributed by atoms with Crippen molar-refractivity contribution in [3.05, 3.63) is 18.2 Å². The van der Waals surface area contributed by atoms with Gasteiger partial charge in [0.15, 0.2) is 0 Å². The standard InChI is InChI=1S/C8H16N4O2S/c1-9-4-6-15(13,14)11-7-8-10-3-5-12(8)2/h3,5,9,11H,4,6-7H2,1-2H3. The molecule has 0 aliphatic rings. The molecule has 7 heteroatoms. The van der Waals surface area contributed by atoms with Crippen molar-refractivity contribution >= 4 is 10.0 Å². The van der Waals surface area contributed by atoms with Gasteiger partial charge < -0.3 is 9.88 Å². The lowest BCUT2D eigenvalue weighted by molar-refractivity contribution is 0.575. The van der Waals surface area contributed by atoms with Crippen LogP contribution in [0.1, 0.15) is 5.82 Å². The SMILES string of the molecule is CNCCS(=O)(=O)NCc1nccn1C. The molecule has 0 radical (unpaired) electrons. The van der Waals surface area contributed by atoms with Crippen LogP contribution in [0.3, 0.4) is 0 Å². The van der Waals surface area contributed by atoms with Crippen LogP contribution in [-0.2, 0) is 23.6 Å². The molecule has 0 aliphatic carbocycles. The summed E-state index contributed by atoms with van der Waals surface area (Å²) in [5.74, 6) is 0.775. The molecule has 0 spiro atoms. The maximum atomic E-state index is 11.4. The smallest absolute Gasteiger partial charge is 0.213 e. The molecule has 1 aromatic heterocycles. The van der Waals surface area contributed by atoms with E-state index in [0.29, 0.717) is 12.4 Å². The van der Waals surface area contributed by atoms with Crippen molar-refractivity contribution in [3.63, 3.8) is 0 Å². The molecule has 0 unspecified atom stereocenters. The third-order valence-electron chi connectivity index (χ3n) is 1.99. The largest absolute Gasteiger partial charge is 0.337 e. The molecule has 0 aliphatic heterocycles. The summed E-state index contributed by atoms with van der Waals surface area (Å²) in [5, 5.41) is 2.79. The molecular formula is C8H16N4O2S. The van der Waals surface area contributed by atoms with Crippen LogP contribution in [0, 0.1) is 0 Å². The number of aromatic nitrogens is 2. The fourth-order valence-corrected chi connectivity index (χ4v) is 2.02. The molecule has 1 aromatic rings. The van der Waals surface area contributed by atoms with Crippen LogP contribution in [0.4, 0.5) is 0 Å². The van der Waals surface area contributed by atoms with Gasteiger partial charge in [0.05, 0.1) is 12.3 Å². The molecule has 0 saturated heterocycles. The van der Waals surface area contributed by atoms with Crippen molar-refractivity contribution in [2.75, 3.05) is 19.3 Å². The summed E-state index contributed by atoms with van der Waals surface area (Å²) in [5.41, 5.74) is 0. The van der Waals surface area contributed by atoms with Crippen LogP contribution in [0.5, 0.6) is 0 Å². The average molecular weight is 232 g/mol. The van der Waals surface area contributed by atoms with E-state index in [-0.39, 0.29) is 12.3 Å². The third-order valence-corrected chi connectivity index (χ3v) is 3.32. The molecule has 0 aromatic carbocycles. The Labute approximate surface area is 89.8 Å². The minimum Gasteiger partial charge on any atom is -0.337 e. The minimum atomic E-state index is -3.20. The van der Waals surface area contributed by atoms with E-state index in [2.05, 4.69) is 15.0 Å². The van der Waals surface area contributed by atoms with Crippen molar-refractivity contribution in [3.8, 4) is 0 Å². The monoisotopic (exact) mass is 232 g/mol. The van der Waals surface area contributed by atoms with Gasteiger partial charge in [-0.2, -0.15) is 0 Å². The van der Waals surface area contributed by atoms with Gasteiger partial charge in [-0.3, -0.25) is 0 Å². The second kappa shape index (κ2) is 5.24. The molecule has 0 fully saturated rings. The van der Waals surface area contributed by atoms with Crippen LogP contribution in [0.15, 0.2) is 12.4 Å². The summed E-state index contributed by atoms with van der Waals surface area (Å²) in [6.07, 6.45) is 3.41. The lowest BCUT2D eigenvalue weighted by atomic mass is 10.6. The lowest BCUT2D eigenvalue weighted by Gasteiger charge is -2.06. The van der Waals surface area contributed by atoms with Gasteiger partial charge in [0.25, 0.3) is 0 Å². The van der Waals surface area contributed by atoms with Crippen LogP contribution in [0.25, 0.3) is 0 Å². The number of nitrogens with one attached hydrogen (secondary N) is 2. The van der Waals surface area contributed by atoms with E-state index < -0.39 is 10.0 Å². The van der Waals surface area contributed by atoms with Crippen molar-refractivity contribution in [1.29, 1.82) is 0 Å². The number of hydrogen-bond acceptors (Lipinski definition) is 4. The molecular weight excluding hydrogens is 216 g/mol. The Kier molecular flexibility index (Phi) is 4.25. The zero-order chi connectivity index (χ0) is 11.3. The van der Waals surface area contributed by atoms with E-state index in [1.807, 2.05) is 7.05 Å². The van der Waals surface area contributed by atoms with Gasteiger partial charge in [-0.25, -0.2) is 18.1 Å². The zero-order valence-electron chi connectivity index (χ0n) is 8.90. The second-order valence-corrected chi connectivity index (χ2v) is 5.12. The van der Waals surface area contributed by atoms with E-state index in [0.717, 1.165) is 0 Å². The Balaban J connectivity index is 2.46. The van der Waals surface area contributed by atoms with Crippen molar-refractivity contribution in [1.82, 2.24) is 19.6 Å². The Morgan fingerprint density at radius 2 is 2.27 bits per heavy atom. The van der Waals surface area contributed by atoms with Gasteiger partial charge in [0, 0.05) is 26.0 Å². The van der Waals surface area contributed by atoms with E-state index in [9.17, 15) is 8.42 Å². The first-order valence-corrected chi connectivity index (χ1v) is 6.28. The first-order chi connectivity index (χ1) is 7.05. The molecule has 2 N–H and O–H groups in total. The summed E-state index contributed by atoms with van der Waals surface area (Å²) < 4.78 is 27.1. The van der Waals surface area contributed by atoms with E-state index in [1.54, 1.807) is 24.0 Å². The molecule has 0 saturated carbocycles. The van der Waals surface area contributed by atoms with Crippen LogP contribution in [0.2, 0.25) is 0 Å². The van der Waals surface area contributed by atoms with Gasteiger partial charge in [-0.05, 0) is 7.05 Å². The Morgan fingerprint density at radius 3 is 2.80 bits per heavy atom.